The largest absolute Gasteiger partial charge is 0.493 e. The van der Waals surface area contributed by atoms with Crippen LogP contribution in [0, 0.1) is 5.92 Å². The van der Waals surface area contributed by atoms with Crippen molar-refractivity contribution in [3.63, 3.8) is 0 Å². The van der Waals surface area contributed by atoms with Gasteiger partial charge in [-0.15, -0.1) is 0 Å². The van der Waals surface area contributed by atoms with Crippen LogP contribution in [0.25, 0.3) is 12.2 Å². The topological polar surface area (TPSA) is 63.9 Å². The number of likely N-dealkylation sites (N-methyl/N-ethyl adjacent to an activating group) is 1. The molecule has 1 aromatic heterocycles. The second-order valence-corrected chi connectivity index (χ2v) is 7.79. The van der Waals surface area contributed by atoms with Crippen LogP contribution in [0.15, 0.2) is 22.7 Å². The second-order valence-electron chi connectivity index (χ2n) is 7.79. The van der Waals surface area contributed by atoms with Gasteiger partial charge in [0.15, 0.2) is 17.3 Å². The fourth-order valence-electron chi connectivity index (χ4n) is 3.56. The highest BCUT2D eigenvalue weighted by molar-refractivity contribution is 5.67. The molecule has 1 saturated heterocycles. The highest BCUT2D eigenvalue weighted by Crippen LogP contribution is 2.28. The quantitative estimate of drug-likeness (QED) is 0.641. The van der Waals surface area contributed by atoms with Crippen LogP contribution in [0.1, 0.15) is 30.1 Å². The Morgan fingerprint density at radius 1 is 1.14 bits per heavy atom. The third-order valence-corrected chi connectivity index (χ3v) is 5.35. The summed E-state index contributed by atoms with van der Waals surface area (Å²) >= 11 is 0. The fourth-order valence-corrected chi connectivity index (χ4v) is 3.56. The maximum Gasteiger partial charge on any atom is 0.250 e. The number of piperidine rings is 1. The summed E-state index contributed by atoms with van der Waals surface area (Å²) in [5.74, 6) is 3.35. The number of rotatable bonds is 9. The molecule has 0 saturated carbocycles. The molecule has 29 heavy (non-hydrogen) atoms. The molecule has 1 aliphatic rings. The molecule has 0 atom stereocenters. The van der Waals surface area contributed by atoms with Gasteiger partial charge in [-0.25, -0.2) is 0 Å². The lowest BCUT2D eigenvalue weighted by Crippen LogP contribution is -2.38. The zero-order valence-corrected chi connectivity index (χ0v) is 17.9. The van der Waals surface area contributed by atoms with Gasteiger partial charge in [0.25, 0.3) is 5.89 Å². The normalized spacial score (nSPS) is 16.0. The number of ether oxygens (including phenoxy) is 2. The van der Waals surface area contributed by atoms with Crippen LogP contribution < -0.4 is 9.47 Å². The van der Waals surface area contributed by atoms with Crippen LogP contribution in [0.2, 0.25) is 0 Å². The van der Waals surface area contributed by atoms with Gasteiger partial charge in [-0.3, -0.25) is 0 Å². The van der Waals surface area contributed by atoms with E-state index in [9.17, 15) is 0 Å². The van der Waals surface area contributed by atoms with Crippen LogP contribution in [0.5, 0.6) is 11.5 Å². The summed E-state index contributed by atoms with van der Waals surface area (Å²) in [6, 6.07) is 5.75. The maximum atomic E-state index is 5.40. The van der Waals surface area contributed by atoms with E-state index < -0.39 is 0 Å². The molecule has 0 aliphatic carbocycles. The van der Waals surface area contributed by atoms with E-state index >= 15 is 0 Å². The summed E-state index contributed by atoms with van der Waals surface area (Å²) in [5, 5.41) is 4.16. The zero-order chi connectivity index (χ0) is 20.6. The first-order chi connectivity index (χ1) is 14.1. The summed E-state index contributed by atoms with van der Waals surface area (Å²) in [4.78, 5) is 9.32. The first kappa shape index (κ1) is 21.3. The van der Waals surface area contributed by atoms with E-state index in [4.69, 9.17) is 14.0 Å². The molecule has 7 nitrogen and oxygen atoms in total. The number of benzene rings is 1. The van der Waals surface area contributed by atoms with E-state index in [1.165, 1.54) is 12.8 Å². The fraction of sp³-hybridized carbons (Fsp3) is 0.545. The van der Waals surface area contributed by atoms with Gasteiger partial charge in [-0.05, 0) is 69.7 Å². The van der Waals surface area contributed by atoms with Gasteiger partial charge >= 0.3 is 0 Å². The van der Waals surface area contributed by atoms with Gasteiger partial charge in [0.05, 0.1) is 14.2 Å². The van der Waals surface area contributed by atoms with Crippen LogP contribution in [-0.2, 0) is 6.42 Å². The van der Waals surface area contributed by atoms with Crippen molar-refractivity contribution in [2.75, 3.05) is 54.5 Å². The Bertz CT molecular complexity index is 795. The zero-order valence-electron chi connectivity index (χ0n) is 17.9. The van der Waals surface area contributed by atoms with Gasteiger partial charge in [-0.1, -0.05) is 11.2 Å². The van der Waals surface area contributed by atoms with E-state index in [0.717, 1.165) is 44.0 Å². The predicted octanol–water partition coefficient (Wildman–Crippen LogP) is 3.07. The Morgan fingerprint density at radius 2 is 1.90 bits per heavy atom. The Labute approximate surface area is 173 Å². The van der Waals surface area contributed by atoms with Crippen molar-refractivity contribution in [2.45, 2.75) is 19.3 Å². The Morgan fingerprint density at radius 3 is 2.59 bits per heavy atom. The van der Waals surface area contributed by atoms with Crippen molar-refractivity contribution < 1.29 is 14.0 Å². The standard InChI is InChI=1S/C22H32N4O3/c1-25(2)13-14-26-11-9-18(10-12-26)16-21-23-22(29-24-21)8-6-17-5-7-19(27-3)20(15-17)28-4/h5-8,15,18H,9-14,16H2,1-4H3/b8-6+. The summed E-state index contributed by atoms with van der Waals surface area (Å²) in [7, 11) is 7.50. The van der Waals surface area contributed by atoms with E-state index in [-0.39, 0.29) is 0 Å². The molecule has 1 aliphatic heterocycles. The van der Waals surface area contributed by atoms with Crippen molar-refractivity contribution in [3.05, 3.63) is 35.5 Å². The molecule has 1 fully saturated rings. The SMILES string of the molecule is COc1ccc(/C=C/c2nc(CC3CCN(CCN(C)C)CC3)no2)cc1OC. The number of methoxy groups -OCH3 is 2. The van der Waals surface area contributed by atoms with Crippen molar-refractivity contribution in [1.82, 2.24) is 19.9 Å². The van der Waals surface area contributed by atoms with E-state index in [1.807, 2.05) is 30.4 Å². The Kier molecular flexibility index (Phi) is 7.66. The van der Waals surface area contributed by atoms with Crippen LogP contribution in [0.3, 0.4) is 0 Å². The molecule has 0 bridgehead atoms. The molecule has 0 amide bonds. The number of aromatic nitrogens is 2. The molecule has 1 aromatic carbocycles. The van der Waals surface area contributed by atoms with Crippen molar-refractivity contribution in [3.8, 4) is 11.5 Å². The van der Waals surface area contributed by atoms with Crippen molar-refractivity contribution in [1.29, 1.82) is 0 Å². The average Bonchev–Trinajstić information content (AvgIpc) is 3.18. The van der Waals surface area contributed by atoms with E-state index in [1.54, 1.807) is 14.2 Å². The predicted molar refractivity (Wildman–Crippen MR) is 114 cm³/mol. The van der Waals surface area contributed by atoms with Crippen LogP contribution in [-0.4, -0.2) is 74.4 Å². The first-order valence-corrected chi connectivity index (χ1v) is 10.2. The lowest BCUT2D eigenvalue weighted by molar-refractivity contribution is 0.169. The molecule has 2 aromatic rings. The van der Waals surface area contributed by atoms with Gasteiger partial charge < -0.3 is 23.8 Å². The molecule has 0 radical (unpaired) electrons. The third-order valence-electron chi connectivity index (χ3n) is 5.35. The number of hydrogen-bond donors (Lipinski definition) is 0. The number of nitrogens with zero attached hydrogens (tertiary/aromatic N) is 4. The van der Waals surface area contributed by atoms with Crippen molar-refractivity contribution >= 4 is 12.2 Å². The lowest BCUT2D eigenvalue weighted by atomic mass is 9.93. The molecule has 2 heterocycles. The molecule has 0 N–H and O–H groups in total. The molecule has 3 rings (SSSR count). The van der Waals surface area contributed by atoms with Crippen LogP contribution in [0.4, 0.5) is 0 Å². The molecule has 7 heteroatoms. The van der Waals surface area contributed by atoms with Crippen LogP contribution >= 0.6 is 0 Å². The smallest absolute Gasteiger partial charge is 0.250 e. The number of hydrogen-bond acceptors (Lipinski definition) is 7. The average molecular weight is 401 g/mol. The highest BCUT2D eigenvalue weighted by atomic mass is 16.5. The number of likely N-dealkylation sites (tertiary alicyclic amines) is 1. The lowest BCUT2D eigenvalue weighted by Gasteiger charge is -2.32. The minimum Gasteiger partial charge on any atom is -0.493 e. The molecular weight excluding hydrogens is 368 g/mol. The van der Waals surface area contributed by atoms with E-state index in [0.29, 0.717) is 23.3 Å². The Hall–Kier alpha value is -2.38. The summed E-state index contributed by atoms with van der Waals surface area (Å²) < 4.78 is 16.0. The summed E-state index contributed by atoms with van der Waals surface area (Å²) in [5.41, 5.74) is 0.979. The molecule has 0 unspecified atom stereocenters. The molecule has 0 spiro atoms. The van der Waals surface area contributed by atoms with Gasteiger partial charge in [0.1, 0.15) is 0 Å². The third kappa shape index (κ3) is 6.30. The van der Waals surface area contributed by atoms with Gasteiger partial charge in [-0.2, -0.15) is 4.98 Å². The first-order valence-electron chi connectivity index (χ1n) is 10.2. The van der Waals surface area contributed by atoms with Crippen molar-refractivity contribution in [2.24, 2.45) is 5.92 Å². The second kappa shape index (κ2) is 10.4. The Balaban J connectivity index is 1.50. The van der Waals surface area contributed by atoms with Gasteiger partial charge in [0.2, 0.25) is 0 Å². The molecular formula is C22H32N4O3. The maximum absolute atomic E-state index is 5.40. The highest BCUT2D eigenvalue weighted by Gasteiger charge is 2.21. The van der Waals surface area contributed by atoms with E-state index in [2.05, 4.69) is 34.0 Å². The summed E-state index contributed by atoms with van der Waals surface area (Å²) in [6.07, 6.45) is 7.04. The minimum atomic E-state index is 0.526. The monoisotopic (exact) mass is 400 g/mol. The van der Waals surface area contributed by atoms with Gasteiger partial charge in [0, 0.05) is 25.6 Å². The minimum absolute atomic E-state index is 0.526. The molecule has 158 valence electrons. The summed E-state index contributed by atoms with van der Waals surface area (Å²) in [6.45, 7) is 4.57.